The van der Waals surface area contributed by atoms with E-state index in [0.717, 1.165) is 29.1 Å². The quantitative estimate of drug-likeness (QED) is 0.708. The fraction of sp³-hybridized carbons (Fsp3) is 0.571. The van der Waals surface area contributed by atoms with E-state index in [-0.39, 0.29) is 12.8 Å². The number of aryl methyl sites for hydroxylation is 2. The van der Waals surface area contributed by atoms with Crippen molar-refractivity contribution in [1.82, 2.24) is 0 Å². The van der Waals surface area contributed by atoms with Gasteiger partial charge < -0.3 is 14.6 Å². The number of carboxylic acid groups (broad SMARTS) is 2. The van der Waals surface area contributed by atoms with Crippen molar-refractivity contribution >= 4 is 11.9 Å². The second kappa shape index (κ2) is 6.97. The summed E-state index contributed by atoms with van der Waals surface area (Å²) < 4.78 is 5.69. The molecule has 1 aromatic rings. The summed E-state index contributed by atoms with van der Waals surface area (Å²) in [4.78, 5) is 21.0. The van der Waals surface area contributed by atoms with Crippen LogP contribution in [0.4, 0.5) is 0 Å². The van der Waals surface area contributed by atoms with Gasteiger partial charge in [-0.25, -0.2) is 0 Å². The number of hydrogen-bond acceptors (Lipinski definition) is 3. The standard InChI is InChI=1S/C14H20O5/c1-9-10(2)12(7-8-14(17)18)19-11(9)5-3-4-6-13(15)16/h3-8H2,1-2H3,(H,15,16)(H,17,18). The summed E-state index contributed by atoms with van der Waals surface area (Å²) in [5.41, 5.74) is 2.06. The van der Waals surface area contributed by atoms with Crippen LogP contribution < -0.4 is 0 Å². The van der Waals surface area contributed by atoms with Crippen LogP contribution in [0, 0.1) is 13.8 Å². The Morgan fingerprint density at radius 2 is 1.42 bits per heavy atom. The highest BCUT2D eigenvalue weighted by atomic mass is 16.4. The Morgan fingerprint density at radius 3 is 1.95 bits per heavy atom. The van der Waals surface area contributed by atoms with Crippen LogP contribution in [0.25, 0.3) is 0 Å². The molecule has 19 heavy (non-hydrogen) atoms. The molecular formula is C14H20O5. The molecule has 1 aromatic heterocycles. The van der Waals surface area contributed by atoms with Gasteiger partial charge in [-0.2, -0.15) is 0 Å². The first kappa shape index (κ1) is 15.3. The molecule has 0 saturated carbocycles. The third-order valence-electron chi connectivity index (χ3n) is 3.26. The van der Waals surface area contributed by atoms with Crippen molar-refractivity contribution in [3.8, 4) is 0 Å². The lowest BCUT2D eigenvalue weighted by molar-refractivity contribution is -0.138. The molecule has 0 amide bonds. The van der Waals surface area contributed by atoms with E-state index in [2.05, 4.69) is 0 Å². The summed E-state index contributed by atoms with van der Waals surface area (Å²) in [7, 11) is 0. The smallest absolute Gasteiger partial charge is 0.303 e. The molecule has 2 N–H and O–H groups in total. The van der Waals surface area contributed by atoms with Crippen molar-refractivity contribution < 1.29 is 24.2 Å². The van der Waals surface area contributed by atoms with Crippen molar-refractivity contribution in [2.75, 3.05) is 0 Å². The molecule has 106 valence electrons. The molecule has 1 rings (SSSR count). The first-order valence-corrected chi connectivity index (χ1v) is 6.43. The molecule has 0 aliphatic heterocycles. The van der Waals surface area contributed by atoms with Gasteiger partial charge in [0.2, 0.25) is 0 Å². The maximum atomic E-state index is 10.6. The van der Waals surface area contributed by atoms with Gasteiger partial charge in [-0.1, -0.05) is 0 Å². The minimum atomic E-state index is -0.837. The summed E-state index contributed by atoms with van der Waals surface area (Å²) in [5, 5.41) is 17.2. The third-order valence-corrected chi connectivity index (χ3v) is 3.26. The molecule has 0 unspecified atom stereocenters. The lowest BCUT2D eigenvalue weighted by Crippen LogP contribution is -1.97. The molecule has 0 aromatic carbocycles. The molecule has 5 heteroatoms. The SMILES string of the molecule is Cc1c(CCCCC(=O)O)oc(CCC(=O)O)c1C. The van der Waals surface area contributed by atoms with Gasteiger partial charge in [0.1, 0.15) is 11.5 Å². The monoisotopic (exact) mass is 268 g/mol. The number of rotatable bonds is 8. The lowest BCUT2D eigenvalue weighted by Gasteiger charge is -1.98. The highest BCUT2D eigenvalue weighted by Gasteiger charge is 2.14. The lowest BCUT2D eigenvalue weighted by atomic mass is 10.1. The van der Waals surface area contributed by atoms with E-state index in [9.17, 15) is 9.59 Å². The molecule has 0 aliphatic carbocycles. The Hall–Kier alpha value is -1.78. The van der Waals surface area contributed by atoms with Crippen molar-refractivity contribution in [2.45, 2.75) is 52.4 Å². The highest BCUT2D eigenvalue weighted by molar-refractivity contribution is 5.67. The molecule has 1 heterocycles. The third kappa shape index (κ3) is 4.77. The van der Waals surface area contributed by atoms with Crippen molar-refractivity contribution in [2.24, 2.45) is 0 Å². The zero-order valence-corrected chi connectivity index (χ0v) is 11.4. The second-order valence-corrected chi connectivity index (χ2v) is 4.69. The van der Waals surface area contributed by atoms with E-state index in [0.29, 0.717) is 19.3 Å². The number of furan rings is 1. The Kier molecular flexibility index (Phi) is 5.60. The minimum Gasteiger partial charge on any atom is -0.481 e. The molecule has 5 nitrogen and oxygen atoms in total. The summed E-state index contributed by atoms with van der Waals surface area (Å²) >= 11 is 0. The first-order chi connectivity index (χ1) is 8.91. The van der Waals surface area contributed by atoms with Crippen molar-refractivity contribution in [1.29, 1.82) is 0 Å². The predicted molar refractivity (Wildman–Crippen MR) is 69.3 cm³/mol. The van der Waals surface area contributed by atoms with Gasteiger partial charge in [0.05, 0.1) is 6.42 Å². The average molecular weight is 268 g/mol. The van der Waals surface area contributed by atoms with E-state index >= 15 is 0 Å². The Labute approximate surface area is 112 Å². The molecule has 0 spiro atoms. The summed E-state index contributed by atoms with van der Waals surface area (Å²) in [6.07, 6.45) is 2.72. The Morgan fingerprint density at radius 1 is 0.895 bits per heavy atom. The fourth-order valence-electron chi connectivity index (χ4n) is 1.98. The maximum Gasteiger partial charge on any atom is 0.303 e. The number of carbonyl (C=O) groups is 2. The van der Waals surface area contributed by atoms with Gasteiger partial charge in [-0.3, -0.25) is 9.59 Å². The Bertz CT molecular complexity index is 459. The van der Waals surface area contributed by atoms with Crippen LogP contribution in [-0.2, 0) is 22.4 Å². The van der Waals surface area contributed by atoms with Crippen LogP contribution >= 0.6 is 0 Å². The number of unbranched alkanes of at least 4 members (excludes halogenated alkanes) is 1. The second-order valence-electron chi connectivity index (χ2n) is 4.69. The molecule has 0 saturated heterocycles. The largest absolute Gasteiger partial charge is 0.481 e. The number of hydrogen-bond donors (Lipinski definition) is 2. The summed E-state index contributed by atoms with van der Waals surface area (Å²) in [5.74, 6) is -0.0395. The normalized spacial score (nSPS) is 10.6. The molecular weight excluding hydrogens is 248 g/mol. The van der Waals surface area contributed by atoms with Gasteiger partial charge in [0.15, 0.2) is 0 Å². The van der Waals surface area contributed by atoms with Gasteiger partial charge >= 0.3 is 11.9 Å². The van der Waals surface area contributed by atoms with Crippen LogP contribution in [-0.4, -0.2) is 22.2 Å². The Balaban J connectivity index is 2.56. The molecule has 0 bridgehead atoms. The van der Waals surface area contributed by atoms with Gasteiger partial charge in [0, 0.05) is 19.3 Å². The van der Waals surface area contributed by atoms with Gasteiger partial charge in [0.25, 0.3) is 0 Å². The van der Waals surface area contributed by atoms with Gasteiger partial charge in [-0.15, -0.1) is 0 Å². The summed E-state index contributed by atoms with van der Waals surface area (Å²) in [6.45, 7) is 3.88. The molecule has 0 aliphatic rings. The van der Waals surface area contributed by atoms with Gasteiger partial charge in [-0.05, 0) is 37.8 Å². The zero-order valence-electron chi connectivity index (χ0n) is 11.4. The molecule has 0 fully saturated rings. The molecule has 0 radical (unpaired) electrons. The van der Waals surface area contributed by atoms with Crippen LogP contribution in [0.1, 0.15) is 48.3 Å². The first-order valence-electron chi connectivity index (χ1n) is 6.43. The van der Waals surface area contributed by atoms with Crippen LogP contribution in [0.5, 0.6) is 0 Å². The van der Waals surface area contributed by atoms with Crippen LogP contribution in [0.15, 0.2) is 4.42 Å². The van der Waals surface area contributed by atoms with E-state index in [4.69, 9.17) is 14.6 Å². The topological polar surface area (TPSA) is 87.7 Å². The fourth-order valence-corrected chi connectivity index (χ4v) is 1.98. The van der Waals surface area contributed by atoms with E-state index in [1.807, 2.05) is 13.8 Å². The molecule has 0 atom stereocenters. The van der Waals surface area contributed by atoms with Crippen LogP contribution in [0.2, 0.25) is 0 Å². The average Bonchev–Trinajstić information content (AvgIpc) is 2.59. The predicted octanol–water partition coefficient (Wildman–Crippen LogP) is 2.71. The van der Waals surface area contributed by atoms with Crippen molar-refractivity contribution in [3.05, 3.63) is 22.6 Å². The summed E-state index contributed by atoms with van der Waals surface area (Å²) in [6, 6.07) is 0. The van der Waals surface area contributed by atoms with E-state index < -0.39 is 11.9 Å². The van der Waals surface area contributed by atoms with Crippen molar-refractivity contribution in [3.63, 3.8) is 0 Å². The number of aliphatic carboxylic acids is 2. The zero-order chi connectivity index (χ0) is 14.4. The minimum absolute atomic E-state index is 0.0618. The van der Waals surface area contributed by atoms with E-state index in [1.54, 1.807) is 0 Å². The number of carboxylic acids is 2. The maximum absolute atomic E-state index is 10.6. The van der Waals surface area contributed by atoms with E-state index in [1.165, 1.54) is 0 Å². The highest BCUT2D eigenvalue weighted by Crippen LogP contribution is 2.24. The van der Waals surface area contributed by atoms with Crippen LogP contribution in [0.3, 0.4) is 0 Å².